The van der Waals surface area contributed by atoms with Gasteiger partial charge in [0.25, 0.3) is 11.9 Å². The highest BCUT2D eigenvalue weighted by atomic mass is 19.4. The second kappa shape index (κ2) is 8.89. The molecule has 3 atom stereocenters. The highest BCUT2D eigenvalue weighted by Gasteiger charge is 2.47. The highest BCUT2D eigenvalue weighted by molar-refractivity contribution is 6.03. The molecule has 7 nitrogen and oxygen atoms in total. The van der Waals surface area contributed by atoms with Crippen molar-refractivity contribution in [3.05, 3.63) is 35.2 Å². The number of benzene rings is 1. The zero-order chi connectivity index (χ0) is 25.8. The number of oxazole rings is 1. The van der Waals surface area contributed by atoms with Crippen LogP contribution in [-0.4, -0.2) is 49.0 Å². The third-order valence-electron chi connectivity index (χ3n) is 7.31. The van der Waals surface area contributed by atoms with Crippen molar-refractivity contribution in [2.75, 3.05) is 30.4 Å². The summed E-state index contributed by atoms with van der Waals surface area (Å²) in [5.74, 6) is -3.22. The summed E-state index contributed by atoms with van der Waals surface area (Å²) in [6.07, 6.45) is -3.17. The van der Waals surface area contributed by atoms with E-state index in [2.05, 4.69) is 10.3 Å². The van der Waals surface area contributed by atoms with Gasteiger partial charge in [-0.3, -0.25) is 4.79 Å². The zero-order valence-corrected chi connectivity index (χ0v) is 19.8. The van der Waals surface area contributed by atoms with Crippen LogP contribution in [0.1, 0.15) is 48.9 Å². The molecular formula is C24H26F5N3O4. The van der Waals surface area contributed by atoms with E-state index in [9.17, 15) is 26.7 Å². The van der Waals surface area contributed by atoms with E-state index in [1.54, 1.807) is 4.90 Å². The Bertz CT molecular complexity index is 1120. The number of ether oxygens (including phenoxy) is 2. The van der Waals surface area contributed by atoms with Crippen LogP contribution < -0.4 is 15.0 Å². The fourth-order valence-corrected chi connectivity index (χ4v) is 5.09. The molecule has 1 amide bonds. The number of anilines is 2. The van der Waals surface area contributed by atoms with Crippen LogP contribution in [0, 0.1) is 23.5 Å². The van der Waals surface area contributed by atoms with E-state index in [1.165, 1.54) is 7.11 Å². The number of aromatic nitrogens is 1. The van der Waals surface area contributed by atoms with Crippen molar-refractivity contribution in [2.45, 2.75) is 56.9 Å². The number of hydrogen-bond donors (Lipinski definition) is 1. The van der Waals surface area contributed by atoms with Gasteiger partial charge in [-0.1, -0.05) is 6.92 Å². The molecular weight excluding hydrogens is 489 g/mol. The number of fused-ring (bicyclic) bond motifs is 1. The maximum absolute atomic E-state index is 14.6. The maximum atomic E-state index is 14.6. The van der Waals surface area contributed by atoms with E-state index >= 15 is 0 Å². The van der Waals surface area contributed by atoms with Gasteiger partial charge in [-0.15, -0.1) is 0 Å². The zero-order valence-electron chi connectivity index (χ0n) is 19.8. The van der Waals surface area contributed by atoms with E-state index in [-0.39, 0.29) is 17.8 Å². The predicted octanol–water partition coefficient (Wildman–Crippen LogP) is 5.10. The Balaban J connectivity index is 1.32. The number of hydrogen-bond acceptors (Lipinski definition) is 6. The van der Waals surface area contributed by atoms with Crippen molar-refractivity contribution in [3.63, 3.8) is 0 Å². The minimum Gasteiger partial charge on any atom is -0.484 e. The molecule has 2 aromatic rings. The lowest BCUT2D eigenvalue weighted by atomic mass is 9.91. The Hall–Kier alpha value is -2.89. The Morgan fingerprint density at radius 1 is 1.19 bits per heavy atom. The molecule has 196 valence electrons. The fourth-order valence-electron chi connectivity index (χ4n) is 5.09. The van der Waals surface area contributed by atoms with Crippen LogP contribution in [0.5, 0.6) is 5.75 Å². The molecule has 36 heavy (non-hydrogen) atoms. The SMILES string of the molecule is CCC1(OC)CN(c2nc(C(=O)Nc3cc(F)c(OC4CC5C[C@H]5C4)c(F)c3)c(CC(F)(F)F)o2)C1. The van der Waals surface area contributed by atoms with E-state index in [1.807, 2.05) is 6.92 Å². The summed E-state index contributed by atoms with van der Waals surface area (Å²) >= 11 is 0. The van der Waals surface area contributed by atoms with E-state index in [4.69, 9.17) is 13.9 Å². The number of nitrogens with one attached hydrogen (secondary N) is 1. The van der Waals surface area contributed by atoms with Gasteiger partial charge in [-0.25, -0.2) is 8.78 Å². The van der Waals surface area contributed by atoms with Gasteiger partial charge in [0.1, 0.15) is 17.8 Å². The molecule has 2 heterocycles. The third kappa shape index (κ3) is 4.87. The number of carbonyl (C=O) groups is 1. The van der Waals surface area contributed by atoms with Crippen LogP contribution >= 0.6 is 0 Å². The summed E-state index contributed by atoms with van der Waals surface area (Å²) in [6, 6.07) is 1.57. The van der Waals surface area contributed by atoms with Gasteiger partial charge in [0, 0.05) is 24.9 Å². The van der Waals surface area contributed by atoms with Crippen LogP contribution in [0.15, 0.2) is 16.5 Å². The maximum Gasteiger partial charge on any atom is 0.396 e. The van der Waals surface area contributed by atoms with Crippen LogP contribution in [0.3, 0.4) is 0 Å². The second-order valence-electron chi connectivity index (χ2n) is 9.85. The Morgan fingerprint density at radius 3 is 2.39 bits per heavy atom. The smallest absolute Gasteiger partial charge is 0.396 e. The summed E-state index contributed by atoms with van der Waals surface area (Å²) in [4.78, 5) is 18.3. The number of nitrogens with zero attached hydrogens (tertiary/aromatic N) is 2. The minimum absolute atomic E-state index is 0.156. The summed E-state index contributed by atoms with van der Waals surface area (Å²) in [5, 5.41) is 2.22. The molecule has 1 aromatic carbocycles. The van der Waals surface area contributed by atoms with Gasteiger partial charge >= 0.3 is 6.18 Å². The number of alkyl halides is 3. The van der Waals surface area contributed by atoms with Gasteiger partial charge < -0.3 is 24.1 Å². The normalized spacial score (nSPS) is 24.3. The number of carbonyl (C=O) groups excluding carboxylic acids is 1. The van der Waals surface area contributed by atoms with E-state index in [0.717, 1.165) is 31.4 Å². The number of halogens is 5. The van der Waals surface area contributed by atoms with Crippen molar-refractivity contribution >= 4 is 17.6 Å². The summed E-state index contributed by atoms with van der Waals surface area (Å²) in [5.41, 5.74) is -1.37. The van der Waals surface area contributed by atoms with Gasteiger partial charge in [-0.05, 0) is 37.5 Å². The molecule has 1 N–H and O–H groups in total. The summed E-state index contributed by atoms with van der Waals surface area (Å²) in [6.45, 7) is 2.57. The quantitative estimate of drug-likeness (QED) is 0.493. The first kappa shape index (κ1) is 24.8. The van der Waals surface area contributed by atoms with Crippen molar-refractivity contribution in [1.29, 1.82) is 0 Å². The standard InChI is InChI=1S/C24H26F5N3O4/c1-3-23(34-2)10-32(11-23)22-31-19(18(36-22)9-24(27,28)29)21(33)30-14-7-16(25)20(17(26)8-14)35-15-5-12-4-13(12)6-15/h7-8,12-13,15H,3-6,9-11H2,1-2H3,(H,30,33)/t12-,13?,15?/m0/s1. The van der Waals surface area contributed by atoms with Crippen molar-refractivity contribution in [1.82, 2.24) is 4.98 Å². The van der Waals surface area contributed by atoms with Gasteiger partial charge in [0.15, 0.2) is 23.1 Å². The monoisotopic (exact) mass is 515 g/mol. The molecule has 0 bridgehead atoms. The van der Waals surface area contributed by atoms with E-state index in [0.29, 0.717) is 31.3 Å². The first-order valence-electron chi connectivity index (χ1n) is 11.8. The van der Waals surface area contributed by atoms with Gasteiger partial charge in [0.05, 0.1) is 19.2 Å². The Labute approximate surface area is 203 Å². The average Bonchev–Trinajstić information content (AvgIpc) is 3.17. The molecule has 1 saturated heterocycles. The molecule has 1 aliphatic heterocycles. The molecule has 1 aromatic heterocycles. The Morgan fingerprint density at radius 2 is 1.83 bits per heavy atom. The van der Waals surface area contributed by atoms with Crippen LogP contribution in [-0.2, 0) is 11.2 Å². The third-order valence-corrected chi connectivity index (χ3v) is 7.31. The van der Waals surface area contributed by atoms with Crippen LogP contribution in [0.2, 0.25) is 0 Å². The molecule has 5 rings (SSSR count). The number of amides is 1. The van der Waals surface area contributed by atoms with E-state index < -0.39 is 52.9 Å². The second-order valence-corrected chi connectivity index (χ2v) is 9.85. The summed E-state index contributed by atoms with van der Waals surface area (Å²) in [7, 11) is 1.54. The highest BCUT2D eigenvalue weighted by Crippen LogP contribution is 2.52. The number of rotatable bonds is 8. The van der Waals surface area contributed by atoms with Crippen LogP contribution in [0.25, 0.3) is 0 Å². The molecule has 2 saturated carbocycles. The molecule has 2 aliphatic carbocycles. The topological polar surface area (TPSA) is 76.8 Å². The molecule has 0 spiro atoms. The molecule has 3 fully saturated rings. The first-order valence-corrected chi connectivity index (χ1v) is 11.8. The summed E-state index contributed by atoms with van der Waals surface area (Å²) < 4.78 is 84.9. The molecule has 0 radical (unpaired) electrons. The van der Waals surface area contributed by atoms with Crippen molar-refractivity contribution < 1.29 is 40.6 Å². The average molecular weight is 515 g/mol. The van der Waals surface area contributed by atoms with Crippen molar-refractivity contribution in [3.8, 4) is 5.75 Å². The fraction of sp³-hybridized carbons (Fsp3) is 0.583. The molecule has 2 unspecified atom stereocenters. The lowest BCUT2D eigenvalue weighted by molar-refractivity contribution is -0.130. The van der Waals surface area contributed by atoms with Gasteiger partial charge in [-0.2, -0.15) is 18.2 Å². The van der Waals surface area contributed by atoms with Gasteiger partial charge in [0.2, 0.25) is 0 Å². The lowest BCUT2D eigenvalue weighted by Crippen LogP contribution is -2.62. The predicted molar refractivity (Wildman–Crippen MR) is 118 cm³/mol. The minimum atomic E-state index is -4.67. The van der Waals surface area contributed by atoms with Crippen LogP contribution in [0.4, 0.5) is 33.7 Å². The lowest BCUT2D eigenvalue weighted by Gasteiger charge is -2.47. The van der Waals surface area contributed by atoms with Crippen molar-refractivity contribution in [2.24, 2.45) is 11.8 Å². The Kier molecular flexibility index (Phi) is 6.12. The first-order chi connectivity index (χ1) is 17.0. The number of methoxy groups -OCH3 is 1. The largest absolute Gasteiger partial charge is 0.484 e. The molecule has 3 aliphatic rings. The molecule has 12 heteroatoms.